The maximum absolute atomic E-state index is 5.86. The molecule has 0 aromatic heterocycles. The van der Waals surface area contributed by atoms with Gasteiger partial charge in [-0.3, -0.25) is 0 Å². The molecule has 0 bridgehead atoms. The van der Waals surface area contributed by atoms with Crippen molar-refractivity contribution < 1.29 is 4.74 Å². The number of ether oxygens (including phenoxy) is 1. The van der Waals surface area contributed by atoms with E-state index in [-0.39, 0.29) is 5.41 Å². The Morgan fingerprint density at radius 2 is 2.11 bits per heavy atom. The summed E-state index contributed by atoms with van der Waals surface area (Å²) >= 11 is 0. The molecule has 2 rings (SSSR count). The van der Waals surface area contributed by atoms with E-state index in [9.17, 15) is 0 Å². The Morgan fingerprint density at radius 3 is 2.74 bits per heavy atom. The van der Waals surface area contributed by atoms with Crippen LogP contribution in [0.2, 0.25) is 0 Å². The molecular weight excluding hydrogens is 234 g/mol. The van der Waals surface area contributed by atoms with Crippen molar-refractivity contribution in [2.75, 3.05) is 11.9 Å². The molecule has 1 fully saturated rings. The molecule has 0 heterocycles. The number of nitrogens with one attached hydrogen (secondary N) is 1. The van der Waals surface area contributed by atoms with Crippen LogP contribution in [0.3, 0.4) is 0 Å². The Morgan fingerprint density at radius 1 is 1.32 bits per heavy atom. The van der Waals surface area contributed by atoms with Crippen LogP contribution in [0.5, 0.6) is 0 Å². The fraction of sp³-hybridized carbons (Fsp3) is 0.647. The van der Waals surface area contributed by atoms with Gasteiger partial charge >= 0.3 is 0 Å². The fourth-order valence-electron chi connectivity index (χ4n) is 3.06. The van der Waals surface area contributed by atoms with Crippen molar-refractivity contribution in [2.24, 2.45) is 5.41 Å². The van der Waals surface area contributed by atoms with Gasteiger partial charge < -0.3 is 10.1 Å². The lowest BCUT2D eigenvalue weighted by Gasteiger charge is -2.54. The molecular formula is C17H27NO. The van der Waals surface area contributed by atoms with E-state index in [4.69, 9.17) is 4.74 Å². The topological polar surface area (TPSA) is 21.3 Å². The Balaban J connectivity index is 2.03. The summed E-state index contributed by atoms with van der Waals surface area (Å²) in [5, 5.41) is 3.70. The summed E-state index contributed by atoms with van der Waals surface area (Å²) in [6, 6.07) is 9.30. The second-order valence-electron chi connectivity index (χ2n) is 5.79. The van der Waals surface area contributed by atoms with E-state index < -0.39 is 0 Å². The highest BCUT2D eigenvalue weighted by Gasteiger charge is 2.51. The molecule has 1 aliphatic rings. The van der Waals surface area contributed by atoms with Gasteiger partial charge in [0, 0.05) is 23.8 Å². The maximum atomic E-state index is 5.86. The monoisotopic (exact) mass is 261 g/mol. The van der Waals surface area contributed by atoms with Crippen LogP contribution in [0.1, 0.15) is 46.1 Å². The summed E-state index contributed by atoms with van der Waals surface area (Å²) < 4.78 is 5.86. The number of benzene rings is 1. The van der Waals surface area contributed by atoms with E-state index in [1.54, 1.807) is 0 Å². The molecule has 2 nitrogen and oxygen atoms in total. The molecule has 1 aromatic carbocycles. The van der Waals surface area contributed by atoms with Crippen LogP contribution in [-0.4, -0.2) is 18.8 Å². The van der Waals surface area contributed by atoms with E-state index >= 15 is 0 Å². The summed E-state index contributed by atoms with van der Waals surface area (Å²) in [7, 11) is 0. The van der Waals surface area contributed by atoms with Gasteiger partial charge in [-0.05, 0) is 43.9 Å². The predicted molar refractivity (Wildman–Crippen MR) is 81.7 cm³/mol. The fourth-order valence-corrected chi connectivity index (χ4v) is 3.06. The first-order chi connectivity index (χ1) is 9.13. The van der Waals surface area contributed by atoms with Crippen molar-refractivity contribution in [3.63, 3.8) is 0 Å². The third-order valence-corrected chi connectivity index (χ3v) is 4.79. The molecule has 1 aromatic rings. The first-order valence-corrected chi connectivity index (χ1v) is 7.61. The van der Waals surface area contributed by atoms with Crippen LogP contribution < -0.4 is 5.32 Å². The van der Waals surface area contributed by atoms with Gasteiger partial charge in [-0.15, -0.1) is 0 Å². The first kappa shape index (κ1) is 14.4. The minimum Gasteiger partial charge on any atom is -0.382 e. The SMILES string of the molecule is CCOC1CC(Nc2cccc(CC)c2)C1(C)CC. The van der Waals surface area contributed by atoms with Crippen molar-refractivity contribution in [1.82, 2.24) is 0 Å². The van der Waals surface area contributed by atoms with Gasteiger partial charge in [-0.1, -0.05) is 32.9 Å². The third kappa shape index (κ3) is 2.79. The molecule has 1 saturated carbocycles. The van der Waals surface area contributed by atoms with Crippen LogP contribution in [-0.2, 0) is 11.2 Å². The Labute approximate surface area is 117 Å². The zero-order chi connectivity index (χ0) is 13.9. The van der Waals surface area contributed by atoms with Crippen molar-refractivity contribution in [3.05, 3.63) is 29.8 Å². The Bertz CT molecular complexity index is 417. The standard InChI is InChI=1S/C17H27NO/c1-5-13-9-8-10-14(11-13)18-15-12-16(19-7-3)17(15,4)6-2/h8-11,15-16,18H,5-7,12H2,1-4H3. The van der Waals surface area contributed by atoms with E-state index in [2.05, 4.69) is 57.3 Å². The van der Waals surface area contributed by atoms with Gasteiger partial charge in [-0.25, -0.2) is 0 Å². The summed E-state index contributed by atoms with van der Waals surface area (Å²) in [4.78, 5) is 0. The number of anilines is 1. The molecule has 0 aliphatic heterocycles. The lowest BCUT2D eigenvalue weighted by molar-refractivity contribution is -0.109. The summed E-state index contributed by atoms with van der Waals surface area (Å²) in [5.74, 6) is 0. The first-order valence-electron chi connectivity index (χ1n) is 7.61. The normalized spacial score (nSPS) is 29.9. The van der Waals surface area contributed by atoms with Crippen LogP contribution in [0.15, 0.2) is 24.3 Å². The molecule has 0 spiro atoms. The largest absolute Gasteiger partial charge is 0.382 e. The lowest BCUT2D eigenvalue weighted by atomic mass is 9.61. The number of aryl methyl sites for hydroxylation is 1. The van der Waals surface area contributed by atoms with Crippen LogP contribution in [0.25, 0.3) is 0 Å². The molecule has 3 atom stereocenters. The molecule has 106 valence electrons. The minimum atomic E-state index is 0.262. The predicted octanol–water partition coefficient (Wildman–Crippen LogP) is 4.25. The minimum absolute atomic E-state index is 0.262. The zero-order valence-electron chi connectivity index (χ0n) is 12.7. The van der Waals surface area contributed by atoms with Gasteiger partial charge in [0.25, 0.3) is 0 Å². The zero-order valence-corrected chi connectivity index (χ0v) is 12.7. The maximum Gasteiger partial charge on any atom is 0.0667 e. The molecule has 0 radical (unpaired) electrons. The lowest BCUT2D eigenvalue weighted by Crippen LogP contribution is -2.59. The summed E-state index contributed by atoms with van der Waals surface area (Å²) in [6.45, 7) is 9.71. The van der Waals surface area contributed by atoms with Crippen LogP contribution in [0, 0.1) is 5.41 Å². The van der Waals surface area contributed by atoms with Gasteiger partial charge in [0.1, 0.15) is 0 Å². The van der Waals surface area contributed by atoms with Crippen LogP contribution >= 0.6 is 0 Å². The van der Waals surface area contributed by atoms with E-state index in [0.717, 1.165) is 25.9 Å². The van der Waals surface area contributed by atoms with Gasteiger partial charge in [0.15, 0.2) is 0 Å². The number of hydrogen-bond donors (Lipinski definition) is 1. The highest BCUT2D eigenvalue weighted by Crippen LogP contribution is 2.47. The van der Waals surface area contributed by atoms with Crippen molar-refractivity contribution >= 4 is 5.69 Å². The van der Waals surface area contributed by atoms with E-state index in [1.165, 1.54) is 11.3 Å². The molecule has 1 aliphatic carbocycles. The Kier molecular flexibility index (Phi) is 4.51. The molecule has 3 unspecified atom stereocenters. The Hall–Kier alpha value is -1.02. The van der Waals surface area contributed by atoms with E-state index in [0.29, 0.717) is 12.1 Å². The molecule has 1 N–H and O–H groups in total. The highest BCUT2D eigenvalue weighted by molar-refractivity contribution is 5.47. The second-order valence-corrected chi connectivity index (χ2v) is 5.79. The van der Waals surface area contributed by atoms with Crippen molar-refractivity contribution in [2.45, 2.75) is 59.1 Å². The quantitative estimate of drug-likeness (QED) is 0.826. The molecule has 0 amide bonds. The molecule has 0 saturated heterocycles. The average molecular weight is 261 g/mol. The van der Waals surface area contributed by atoms with Crippen molar-refractivity contribution in [1.29, 1.82) is 0 Å². The highest BCUT2D eigenvalue weighted by atomic mass is 16.5. The number of rotatable bonds is 6. The van der Waals surface area contributed by atoms with E-state index in [1.807, 2.05) is 0 Å². The summed E-state index contributed by atoms with van der Waals surface area (Å²) in [5.41, 5.74) is 2.90. The second kappa shape index (κ2) is 5.96. The number of hydrogen-bond acceptors (Lipinski definition) is 2. The van der Waals surface area contributed by atoms with Crippen LogP contribution in [0.4, 0.5) is 5.69 Å². The van der Waals surface area contributed by atoms with Gasteiger partial charge in [0.2, 0.25) is 0 Å². The molecule has 19 heavy (non-hydrogen) atoms. The molecule has 2 heteroatoms. The average Bonchev–Trinajstić information content (AvgIpc) is 2.45. The third-order valence-electron chi connectivity index (χ3n) is 4.79. The van der Waals surface area contributed by atoms with Crippen molar-refractivity contribution in [3.8, 4) is 0 Å². The summed E-state index contributed by atoms with van der Waals surface area (Å²) in [6.07, 6.45) is 3.78. The van der Waals surface area contributed by atoms with Gasteiger partial charge in [-0.2, -0.15) is 0 Å². The van der Waals surface area contributed by atoms with Gasteiger partial charge in [0.05, 0.1) is 6.10 Å². The smallest absolute Gasteiger partial charge is 0.0667 e.